The zero-order valence-corrected chi connectivity index (χ0v) is 13.3. The molecule has 1 aromatic carbocycles. The van der Waals surface area contributed by atoms with Crippen LogP contribution in [0.25, 0.3) is 0 Å². The Kier molecular flexibility index (Phi) is 6.01. The van der Waals surface area contributed by atoms with E-state index in [0.29, 0.717) is 19.1 Å². The van der Waals surface area contributed by atoms with E-state index in [-0.39, 0.29) is 17.9 Å². The number of benzene rings is 1. The van der Waals surface area contributed by atoms with E-state index < -0.39 is 0 Å². The van der Waals surface area contributed by atoms with Crippen LogP contribution in [0, 0.1) is 17.3 Å². The molecule has 0 aromatic heterocycles. The molecule has 1 aliphatic rings. The molecule has 21 heavy (non-hydrogen) atoms. The molecule has 2 nitrogen and oxygen atoms in total. The third-order valence-corrected chi connectivity index (χ3v) is 4.81. The van der Waals surface area contributed by atoms with Crippen LogP contribution in [0.1, 0.15) is 38.7 Å². The zero-order chi connectivity index (χ0) is 15.1. The van der Waals surface area contributed by atoms with Crippen molar-refractivity contribution in [2.75, 3.05) is 13.2 Å². The van der Waals surface area contributed by atoms with Gasteiger partial charge >= 0.3 is 0 Å². The highest BCUT2D eigenvalue weighted by Gasteiger charge is 2.35. The monoisotopic (exact) mass is 288 g/mol. The molecule has 0 spiro atoms. The third-order valence-electron chi connectivity index (χ3n) is 4.81. The summed E-state index contributed by atoms with van der Waals surface area (Å²) in [5, 5.41) is 9.84. The molecule has 116 valence electrons. The molecule has 0 amide bonds. The SMILES string of the molecule is C[C@H](COCc1ccccc1)[C@@H](CO)[C@]1(C)C=CCCC1. The number of aliphatic hydroxyl groups excluding tert-OH is 1. The molecule has 1 aromatic rings. The van der Waals surface area contributed by atoms with Gasteiger partial charge in [-0.05, 0) is 42.1 Å². The topological polar surface area (TPSA) is 29.5 Å². The molecule has 0 fully saturated rings. The lowest BCUT2D eigenvalue weighted by Crippen LogP contribution is -2.36. The van der Waals surface area contributed by atoms with Gasteiger partial charge in [-0.2, -0.15) is 0 Å². The Balaban J connectivity index is 1.87. The van der Waals surface area contributed by atoms with Crippen molar-refractivity contribution in [1.82, 2.24) is 0 Å². The van der Waals surface area contributed by atoms with E-state index in [1.165, 1.54) is 18.4 Å². The minimum absolute atomic E-state index is 0.114. The van der Waals surface area contributed by atoms with Crippen LogP contribution >= 0.6 is 0 Å². The molecule has 0 bridgehead atoms. The average molecular weight is 288 g/mol. The van der Waals surface area contributed by atoms with Gasteiger partial charge in [-0.25, -0.2) is 0 Å². The predicted molar refractivity (Wildman–Crippen MR) is 86.9 cm³/mol. The molecule has 0 unspecified atom stereocenters. The molecule has 1 aliphatic carbocycles. The highest BCUT2D eigenvalue weighted by Crippen LogP contribution is 2.41. The van der Waals surface area contributed by atoms with Gasteiger partial charge in [0.25, 0.3) is 0 Å². The fourth-order valence-electron chi connectivity index (χ4n) is 3.44. The number of aliphatic hydroxyl groups is 1. The van der Waals surface area contributed by atoms with E-state index in [2.05, 4.69) is 38.1 Å². The van der Waals surface area contributed by atoms with Gasteiger partial charge in [0.1, 0.15) is 0 Å². The maximum atomic E-state index is 9.84. The first-order valence-corrected chi connectivity index (χ1v) is 8.06. The van der Waals surface area contributed by atoms with Crippen LogP contribution in [-0.4, -0.2) is 18.3 Å². The van der Waals surface area contributed by atoms with Gasteiger partial charge < -0.3 is 9.84 Å². The number of ether oxygens (including phenoxy) is 1. The van der Waals surface area contributed by atoms with Gasteiger partial charge in [0.05, 0.1) is 6.61 Å². The molecule has 1 N–H and O–H groups in total. The Hall–Kier alpha value is -1.12. The van der Waals surface area contributed by atoms with Gasteiger partial charge in [-0.1, -0.05) is 56.3 Å². The number of hydrogen-bond donors (Lipinski definition) is 1. The Labute approximate surface area is 128 Å². The van der Waals surface area contributed by atoms with E-state index in [9.17, 15) is 5.11 Å². The first kappa shape index (κ1) is 16.3. The van der Waals surface area contributed by atoms with Crippen LogP contribution < -0.4 is 0 Å². The minimum Gasteiger partial charge on any atom is -0.396 e. The minimum atomic E-state index is 0.114. The molecule has 0 radical (unpaired) electrons. The van der Waals surface area contributed by atoms with Crippen molar-refractivity contribution in [3.05, 3.63) is 48.0 Å². The maximum Gasteiger partial charge on any atom is 0.0717 e. The lowest BCUT2D eigenvalue weighted by Gasteiger charge is -2.39. The maximum absolute atomic E-state index is 9.84. The van der Waals surface area contributed by atoms with Gasteiger partial charge in [-0.3, -0.25) is 0 Å². The molecular formula is C19H28O2. The van der Waals surface area contributed by atoms with E-state index in [0.717, 1.165) is 6.42 Å². The van der Waals surface area contributed by atoms with E-state index in [4.69, 9.17) is 4.74 Å². The van der Waals surface area contributed by atoms with Gasteiger partial charge in [0.15, 0.2) is 0 Å². The molecule has 0 aliphatic heterocycles. The van der Waals surface area contributed by atoms with Gasteiger partial charge in [0, 0.05) is 13.2 Å². The second-order valence-electron chi connectivity index (χ2n) is 6.57. The second-order valence-corrected chi connectivity index (χ2v) is 6.57. The van der Waals surface area contributed by atoms with Crippen LogP contribution in [0.4, 0.5) is 0 Å². The van der Waals surface area contributed by atoms with Crippen molar-refractivity contribution in [2.45, 2.75) is 39.7 Å². The summed E-state index contributed by atoms with van der Waals surface area (Å²) in [7, 11) is 0. The fourth-order valence-corrected chi connectivity index (χ4v) is 3.44. The highest BCUT2D eigenvalue weighted by atomic mass is 16.5. The van der Waals surface area contributed by atoms with Crippen molar-refractivity contribution in [3.63, 3.8) is 0 Å². The summed E-state index contributed by atoms with van der Waals surface area (Å²) in [4.78, 5) is 0. The van der Waals surface area contributed by atoms with Gasteiger partial charge in [0.2, 0.25) is 0 Å². The van der Waals surface area contributed by atoms with Crippen molar-refractivity contribution < 1.29 is 9.84 Å². The van der Waals surface area contributed by atoms with Crippen LogP contribution in [-0.2, 0) is 11.3 Å². The van der Waals surface area contributed by atoms with E-state index in [1.807, 2.05) is 18.2 Å². The normalized spacial score (nSPS) is 24.7. The highest BCUT2D eigenvalue weighted by molar-refractivity contribution is 5.13. The Bertz CT molecular complexity index is 440. The van der Waals surface area contributed by atoms with Gasteiger partial charge in [-0.15, -0.1) is 0 Å². The summed E-state index contributed by atoms with van der Waals surface area (Å²) in [6.07, 6.45) is 8.14. The first-order chi connectivity index (χ1) is 10.2. The molecule has 3 atom stereocenters. The van der Waals surface area contributed by atoms with Crippen molar-refractivity contribution >= 4 is 0 Å². The van der Waals surface area contributed by atoms with Crippen LogP contribution in [0.3, 0.4) is 0 Å². The quantitative estimate of drug-likeness (QED) is 0.762. The molecule has 0 saturated heterocycles. The standard InChI is InChI=1S/C19H28O2/c1-16(14-21-15-17-9-5-3-6-10-17)18(13-20)19(2)11-7-4-8-12-19/h3,5-7,9-11,16,18,20H,4,8,12-15H2,1-2H3/t16-,18-,19-/m1/s1. The predicted octanol–water partition coefficient (Wildman–Crippen LogP) is 4.19. The summed E-state index contributed by atoms with van der Waals surface area (Å²) in [6.45, 7) is 6.05. The lowest BCUT2D eigenvalue weighted by molar-refractivity contribution is 0.0166. The van der Waals surface area contributed by atoms with Crippen molar-refractivity contribution in [1.29, 1.82) is 0 Å². The average Bonchev–Trinajstić information content (AvgIpc) is 2.49. The third kappa shape index (κ3) is 4.42. The molecule has 2 heteroatoms. The summed E-state index contributed by atoms with van der Waals surface area (Å²) in [5.74, 6) is 0.622. The summed E-state index contributed by atoms with van der Waals surface area (Å²) in [6, 6.07) is 10.3. The molecule has 0 heterocycles. The fraction of sp³-hybridized carbons (Fsp3) is 0.579. The van der Waals surface area contributed by atoms with Crippen molar-refractivity contribution in [3.8, 4) is 0 Å². The number of rotatable bonds is 7. The molecule has 2 rings (SSSR count). The zero-order valence-electron chi connectivity index (χ0n) is 13.3. The molecular weight excluding hydrogens is 260 g/mol. The van der Waals surface area contributed by atoms with E-state index in [1.54, 1.807) is 0 Å². The largest absolute Gasteiger partial charge is 0.396 e. The van der Waals surface area contributed by atoms with Crippen molar-refractivity contribution in [2.24, 2.45) is 17.3 Å². The smallest absolute Gasteiger partial charge is 0.0717 e. The van der Waals surface area contributed by atoms with Crippen LogP contribution in [0.2, 0.25) is 0 Å². The van der Waals surface area contributed by atoms with Crippen LogP contribution in [0.5, 0.6) is 0 Å². The number of hydrogen-bond acceptors (Lipinski definition) is 2. The summed E-state index contributed by atoms with van der Waals surface area (Å²) >= 11 is 0. The Morgan fingerprint density at radius 1 is 1.29 bits per heavy atom. The summed E-state index contributed by atoms with van der Waals surface area (Å²) in [5.41, 5.74) is 1.32. The second kappa shape index (κ2) is 7.77. The lowest BCUT2D eigenvalue weighted by atomic mass is 9.67. The first-order valence-electron chi connectivity index (χ1n) is 8.06. The Morgan fingerprint density at radius 2 is 2.05 bits per heavy atom. The van der Waals surface area contributed by atoms with Crippen LogP contribution in [0.15, 0.2) is 42.5 Å². The Morgan fingerprint density at radius 3 is 2.67 bits per heavy atom. The number of allylic oxidation sites excluding steroid dienone is 2. The van der Waals surface area contributed by atoms with E-state index >= 15 is 0 Å². The summed E-state index contributed by atoms with van der Waals surface area (Å²) < 4.78 is 5.86. The molecule has 0 saturated carbocycles.